The van der Waals surface area contributed by atoms with Gasteiger partial charge in [-0.2, -0.15) is 9.97 Å². The van der Waals surface area contributed by atoms with Crippen LogP contribution in [0.15, 0.2) is 29.6 Å². The Hall–Kier alpha value is -2.74. The molecule has 0 saturated heterocycles. The largest absolute Gasteiger partial charge is 0.396 e. The number of halogens is 1. The minimum atomic E-state index is -1.08. The highest BCUT2D eigenvalue weighted by atomic mass is 35.5. The van der Waals surface area contributed by atoms with Crippen LogP contribution in [0.4, 0.5) is 11.8 Å². The second-order valence-corrected chi connectivity index (χ2v) is 8.87. The molecule has 3 aromatic rings. The molecular weight excluding hydrogens is 450 g/mol. The van der Waals surface area contributed by atoms with Crippen molar-refractivity contribution in [3.8, 4) is 22.4 Å². The third-order valence-corrected chi connectivity index (χ3v) is 6.59. The molecule has 1 saturated carbocycles. The van der Waals surface area contributed by atoms with Gasteiger partial charge in [-0.3, -0.25) is 4.98 Å². The van der Waals surface area contributed by atoms with Crippen molar-refractivity contribution in [2.24, 2.45) is 5.92 Å². The van der Waals surface area contributed by atoms with Crippen LogP contribution in [0.5, 0.6) is 0 Å². The van der Waals surface area contributed by atoms with E-state index in [0.717, 1.165) is 21.8 Å². The zero-order valence-electron chi connectivity index (χ0n) is 17.2. The molecule has 10 heteroatoms. The Morgan fingerprint density at radius 3 is 2.66 bits per heavy atom. The van der Waals surface area contributed by atoms with Gasteiger partial charge >= 0.3 is 0 Å². The zero-order valence-corrected chi connectivity index (χ0v) is 18.7. The van der Waals surface area contributed by atoms with Crippen LogP contribution < -0.4 is 11.1 Å². The van der Waals surface area contributed by atoms with Gasteiger partial charge in [0.2, 0.25) is 5.95 Å². The monoisotopic (exact) mass is 471 g/mol. The molecule has 0 bridgehead atoms. The molecular formula is C22H22ClN5O3S. The SMILES string of the molecule is Cc1nc(-c2cccs2)ccc1C#Cc1c(Cl)nc(N)nc1N[C@@H]1C[C@H](CO)[C@@H](O)[C@H]1O. The number of aryl methyl sites for hydroxylation is 1. The predicted molar refractivity (Wildman–Crippen MR) is 124 cm³/mol. The minimum absolute atomic E-state index is 0.0482. The average molecular weight is 472 g/mol. The van der Waals surface area contributed by atoms with E-state index in [1.807, 2.05) is 36.6 Å². The van der Waals surface area contributed by atoms with E-state index in [0.29, 0.717) is 12.0 Å². The summed E-state index contributed by atoms with van der Waals surface area (Å²) in [4.78, 5) is 13.9. The maximum atomic E-state index is 10.3. The van der Waals surface area contributed by atoms with Crippen molar-refractivity contribution in [1.29, 1.82) is 0 Å². The lowest BCUT2D eigenvalue weighted by Gasteiger charge is -2.19. The maximum Gasteiger partial charge on any atom is 0.223 e. The van der Waals surface area contributed by atoms with Crippen molar-refractivity contribution in [2.75, 3.05) is 17.7 Å². The fourth-order valence-electron chi connectivity index (χ4n) is 3.67. The summed E-state index contributed by atoms with van der Waals surface area (Å²) in [5, 5.41) is 34.9. The topological polar surface area (TPSA) is 137 Å². The van der Waals surface area contributed by atoms with Crippen LogP contribution in [0.2, 0.25) is 5.15 Å². The molecule has 6 N–H and O–H groups in total. The molecule has 3 aromatic heterocycles. The van der Waals surface area contributed by atoms with Crippen LogP contribution in [-0.4, -0.2) is 55.1 Å². The summed E-state index contributed by atoms with van der Waals surface area (Å²) in [5.41, 5.74) is 8.45. The third-order valence-electron chi connectivity index (χ3n) is 5.42. The fourth-order valence-corrected chi connectivity index (χ4v) is 4.59. The lowest BCUT2D eigenvalue weighted by Crippen LogP contribution is -2.35. The molecule has 1 aliphatic rings. The number of anilines is 2. The smallest absolute Gasteiger partial charge is 0.223 e. The average Bonchev–Trinajstić information content (AvgIpc) is 3.38. The Kier molecular flexibility index (Phi) is 6.60. The van der Waals surface area contributed by atoms with E-state index in [9.17, 15) is 15.3 Å². The molecule has 4 atom stereocenters. The lowest BCUT2D eigenvalue weighted by atomic mass is 10.1. The summed E-state index contributed by atoms with van der Waals surface area (Å²) in [6.45, 7) is 1.65. The molecule has 1 fully saturated rings. The van der Waals surface area contributed by atoms with E-state index in [1.165, 1.54) is 0 Å². The highest BCUT2D eigenvalue weighted by Gasteiger charge is 2.41. The van der Waals surface area contributed by atoms with E-state index >= 15 is 0 Å². The first-order valence-corrected chi connectivity index (χ1v) is 11.2. The van der Waals surface area contributed by atoms with Crippen LogP contribution in [0.3, 0.4) is 0 Å². The van der Waals surface area contributed by atoms with Gasteiger partial charge in [0.25, 0.3) is 0 Å². The number of aliphatic hydroxyl groups is 3. The standard InChI is InChI=1S/C22H22ClN5O3S/c1-11-12(5-7-15(25-11)17-3-2-8-32-17)4-6-14-20(23)27-22(24)28-21(14)26-16-9-13(10-29)18(30)19(16)31/h2-3,5,7-8,13,16,18-19,29-31H,9-10H2,1H3,(H3,24,26,27,28)/t13-,16-,18-,19+/m1/s1. The van der Waals surface area contributed by atoms with Crippen LogP contribution in [0.1, 0.15) is 23.2 Å². The summed E-state index contributed by atoms with van der Waals surface area (Å²) in [6.07, 6.45) is -1.78. The molecule has 1 aliphatic carbocycles. The first-order valence-electron chi connectivity index (χ1n) is 9.97. The molecule has 3 heterocycles. The summed E-state index contributed by atoms with van der Waals surface area (Å²) in [6, 6.07) is 7.24. The summed E-state index contributed by atoms with van der Waals surface area (Å²) in [7, 11) is 0. The van der Waals surface area contributed by atoms with E-state index < -0.39 is 24.2 Å². The van der Waals surface area contributed by atoms with Crippen molar-refractivity contribution >= 4 is 34.7 Å². The molecule has 32 heavy (non-hydrogen) atoms. The van der Waals surface area contributed by atoms with Crippen LogP contribution in [-0.2, 0) is 0 Å². The quantitative estimate of drug-likeness (QED) is 0.288. The highest BCUT2D eigenvalue weighted by molar-refractivity contribution is 7.13. The van der Waals surface area contributed by atoms with Gasteiger partial charge in [-0.15, -0.1) is 11.3 Å². The van der Waals surface area contributed by atoms with Gasteiger partial charge in [0.1, 0.15) is 17.5 Å². The molecule has 0 spiro atoms. The van der Waals surface area contributed by atoms with Crippen molar-refractivity contribution < 1.29 is 15.3 Å². The molecule has 0 amide bonds. The second kappa shape index (κ2) is 9.40. The third kappa shape index (κ3) is 4.55. The summed E-state index contributed by atoms with van der Waals surface area (Å²) < 4.78 is 0. The number of aromatic nitrogens is 3. The number of nitrogen functional groups attached to an aromatic ring is 1. The number of rotatable bonds is 4. The first-order chi connectivity index (χ1) is 15.4. The number of aliphatic hydroxyl groups excluding tert-OH is 3. The van der Waals surface area contributed by atoms with Crippen molar-refractivity contribution in [1.82, 2.24) is 15.0 Å². The summed E-state index contributed by atoms with van der Waals surface area (Å²) >= 11 is 7.92. The first kappa shape index (κ1) is 22.5. The molecule has 0 aliphatic heterocycles. The number of hydrogen-bond donors (Lipinski definition) is 5. The van der Waals surface area contributed by atoms with Gasteiger partial charge in [-0.25, -0.2) is 0 Å². The Bertz CT molecular complexity index is 1180. The van der Waals surface area contributed by atoms with Crippen molar-refractivity contribution in [3.63, 3.8) is 0 Å². The normalized spacial score (nSPS) is 22.4. The number of nitrogens with zero attached hydrogens (tertiary/aromatic N) is 3. The van der Waals surface area contributed by atoms with E-state index in [-0.39, 0.29) is 23.5 Å². The van der Waals surface area contributed by atoms with Crippen molar-refractivity contribution in [3.05, 3.63) is 51.6 Å². The summed E-state index contributed by atoms with van der Waals surface area (Å²) in [5.74, 6) is 5.82. The minimum Gasteiger partial charge on any atom is -0.396 e. The highest BCUT2D eigenvalue weighted by Crippen LogP contribution is 2.31. The lowest BCUT2D eigenvalue weighted by molar-refractivity contribution is 0.00445. The van der Waals surface area contributed by atoms with Gasteiger partial charge < -0.3 is 26.4 Å². The van der Waals surface area contributed by atoms with Gasteiger partial charge in [0, 0.05) is 18.1 Å². The zero-order chi connectivity index (χ0) is 22.8. The molecule has 0 radical (unpaired) electrons. The van der Waals surface area contributed by atoms with Crippen LogP contribution in [0, 0.1) is 24.7 Å². The van der Waals surface area contributed by atoms with Crippen LogP contribution >= 0.6 is 22.9 Å². The van der Waals surface area contributed by atoms with Gasteiger partial charge in [0.05, 0.1) is 28.4 Å². The molecule has 4 rings (SSSR count). The number of hydrogen-bond acceptors (Lipinski definition) is 9. The maximum absolute atomic E-state index is 10.3. The Morgan fingerprint density at radius 2 is 2.00 bits per heavy atom. The number of nitrogens with one attached hydrogen (secondary N) is 1. The van der Waals surface area contributed by atoms with Gasteiger partial charge in [-0.1, -0.05) is 29.5 Å². The number of nitrogens with two attached hydrogens (primary N) is 1. The van der Waals surface area contributed by atoms with E-state index in [4.69, 9.17) is 17.3 Å². The Labute approximate surface area is 194 Å². The molecule has 0 unspecified atom stereocenters. The van der Waals surface area contributed by atoms with Crippen LogP contribution in [0.25, 0.3) is 10.6 Å². The predicted octanol–water partition coefficient (Wildman–Crippen LogP) is 2.06. The number of thiophene rings is 1. The molecule has 0 aromatic carbocycles. The van der Waals surface area contributed by atoms with E-state index in [2.05, 4.69) is 32.1 Å². The Morgan fingerprint density at radius 1 is 1.19 bits per heavy atom. The van der Waals surface area contributed by atoms with Crippen molar-refractivity contribution in [2.45, 2.75) is 31.6 Å². The van der Waals surface area contributed by atoms with Gasteiger partial charge in [-0.05, 0) is 36.9 Å². The van der Waals surface area contributed by atoms with E-state index in [1.54, 1.807) is 11.3 Å². The second-order valence-electron chi connectivity index (χ2n) is 7.56. The fraction of sp³-hybridized carbons (Fsp3) is 0.318. The molecule has 166 valence electrons. The molecule has 8 nitrogen and oxygen atoms in total. The Balaban J connectivity index is 1.64. The number of pyridine rings is 1. The van der Waals surface area contributed by atoms with Gasteiger partial charge in [0.15, 0.2) is 5.15 Å².